The van der Waals surface area contributed by atoms with Crippen LogP contribution in [0.15, 0.2) is 0 Å². The summed E-state index contributed by atoms with van der Waals surface area (Å²) in [4.78, 5) is 0. The van der Waals surface area contributed by atoms with Gasteiger partial charge in [0.1, 0.15) is 0 Å². The van der Waals surface area contributed by atoms with E-state index in [1.54, 1.807) is 0 Å². The molecule has 1 aliphatic rings. The standard InChI is InChI=1S/C9H18O/c1-7(2)8(10-4)9(3)5-6-9/h7-8H,5-6H2,1-4H3. The van der Waals surface area contributed by atoms with Crippen LogP contribution in [-0.2, 0) is 4.74 Å². The molecule has 10 heavy (non-hydrogen) atoms. The van der Waals surface area contributed by atoms with E-state index in [2.05, 4.69) is 20.8 Å². The van der Waals surface area contributed by atoms with Crippen molar-refractivity contribution in [2.24, 2.45) is 11.3 Å². The Morgan fingerprint density at radius 1 is 1.30 bits per heavy atom. The van der Waals surface area contributed by atoms with Crippen molar-refractivity contribution >= 4 is 0 Å². The molecule has 0 aromatic rings. The van der Waals surface area contributed by atoms with Gasteiger partial charge in [-0.25, -0.2) is 0 Å². The van der Waals surface area contributed by atoms with Crippen molar-refractivity contribution in [3.8, 4) is 0 Å². The molecule has 0 heterocycles. The van der Waals surface area contributed by atoms with Gasteiger partial charge in [0.25, 0.3) is 0 Å². The van der Waals surface area contributed by atoms with Crippen molar-refractivity contribution in [2.45, 2.75) is 39.7 Å². The second-order valence-electron chi connectivity index (χ2n) is 4.05. The highest BCUT2D eigenvalue weighted by atomic mass is 16.5. The summed E-state index contributed by atoms with van der Waals surface area (Å²) in [6, 6.07) is 0. The molecule has 0 spiro atoms. The van der Waals surface area contributed by atoms with Crippen LogP contribution in [0.2, 0.25) is 0 Å². The Morgan fingerprint density at radius 2 is 1.80 bits per heavy atom. The molecule has 1 rings (SSSR count). The molecule has 0 amide bonds. The Balaban J connectivity index is 2.48. The average molecular weight is 142 g/mol. The van der Waals surface area contributed by atoms with E-state index >= 15 is 0 Å². The lowest BCUT2D eigenvalue weighted by Crippen LogP contribution is -2.27. The van der Waals surface area contributed by atoms with Gasteiger partial charge in [-0.05, 0) is 24.2 Å². The molecule has 0 saturated heterocycles. The SMILES string of the molecule is COC(C(C)C)C1(C)CC1. The Bertz CT molecular complexity index is 114. The molecule has 0 aliphatic heterocycles. The topological polar surface area (TPSA) is 9.23 Å². The Hall–Kier alpha value is -0.0400. The number of methoxy groups -OCH3 is 1. The number of hydrogen-bond donors (Lipinski definition) is 0. The predicted molar refractivity (Wildman–Crippen MR) is 43.0 cm³/mol. The Morgan fingerprint density at radius 3 is 1.90 bits per heavy atom. The first-order valence-corrected chi connectivity index (χ1v) is 4.13. The molecule has 1 saturated carbocycles. The normalized spacial score (nSPS) is 24.9. The lowest BCUT2D eigenvalue weighted by Gasteiger charge is -2.25. The van der Waals surface area contributed by atoms with E-state index in [4.69, 9.17) is 4.74 Å². The zero-order valence-corrected chi connectivity index (χ0v) is 7.48. The molecule has 0 aromatic carbocycles. The highest BCUT2D eigenvalue weighted by molar-refractivity contribution is 4.96. The van der Waals surface area contributed by atoms with Gasteiger partial charge in [0, 0.05) is 7.11 Å². The summed E-state index contributed by atoms with van der Waals surface area (Å²) in [5, 5.41) is 0. The maximum Gasteiger partial charge on any atom is 0.0647 e. The smallest absolute Gasteiger partial charge is 0.0647 e. The van der Waals surface area contributed by atoms with Crippen molar-refractivity contribution in [1.82, 2.24) is 0 Å². The van der Waals surface area contributed by atoms with Gasteiger partial charge in [-0.15, -0.1) is 0 Å². The maximum absolute atomic E-state index is 5.44. The van der Waals surface area contributed by atoms with E-state index in [-0.39, 0.29) is 0 Å². The first-order valence-electron chi connectivity index (χ1n) is 4.13. The first-order chi connectivity index (χ1) is 4.60. The van der Waals surface area contributed by atoms with Gasteiger partial charge in [0.2, 0.25) is 0 Å². The number of ether oxygens (including phenoxy) is 1. The minimum absolute atomic E-state index is 0.479. The lowest BCUT2D eigenvalue weighted by atomic mass is 9.92. The van der Waals surface area contributed by atoms with E-state index in [1.165, 1.54) is 12.8 Å². The number of rotatable bonds is 3. The molecular weight excluding hydrogens is 124 g/mol. The predicted octanol–water partition coefficient (Wildman–Crippen LogP) is 2.46. The zero-order chi connectivity index (χ0) is 7.78. The summed E-state index contributed by atoms with van der Waals surface area (Å²) < 4.78 is 5.44. The molecule has 1 nitrogen and oxygen atoms in total. The fourth-order valence-electron chi connectivity index (χ4n) is 1.84. The van der Waals surface area contributed by atoms with Crippen molar-refractivity contribution in [1.29, 1.82) is 0 Å². The summed E-state index contributed by atoms with van der Waals surface area (Å²) in [5.74, 6) is 0.664. The summed E-state index contributed by atoms with van der Waals surface area (Å²) in [6.45, 7) is 6.79. The van der Waals surface area contributed by atoms with E-state index in [0.717, 1.165) is 0 Å². The monoisotopic (exact) mass is 142 g/mol. The molecule has 1 aliphatic carbocycles. The second-order valence-corrected chi connectivity index (χ2v) is 4.05. The van der Waals surface area contributed by atoms with Crippen molar-refractivity contribution < 1.29 is 4.74 Å². The van der Waals surface area contributed by atoms with Crippen LogP contribution in [0.25, 0.3) is 0 Å². The molecule has 0 bridgehead atoms. The first kappa shape index (κ1) is 8.06. The van der Waals surface area contributed by atoms with Gasteiger partial charge in [-0.2, -0.15) is 0 Å². The third kappa shape index (κ3) is 1.34. The highest BCUT2D eigenvalue weighted by Crippen LogP contribution is 2.51. The molecule has 1 fully saturated rings. The summed E-state index contributed by atoms with van der Waals surface area (Å²) >= 11 is 0. The van der Waals surface area contributed by atoms with Crippen LogP contribution in [0, 0.1) is 11.3 Å². The Kier molecular flexibility index (Phi) is 2.04. The van der Waals surface area contributed by atoms with Crippen LogP contribution in [-0.4, -0.2) is 13.2 Å². The third-order valence-corrected chi connectivity index (χ3v) is 2.58. The molecule has 0 N–H and O–H groups in total. The van der Waals surface area contributed by atoms with E-state index < -0.39 is 0 Å². The van der Waals surface area contributed by atoms with Gasteiger partial charge < -0.3 is 4.74 Å². The fourth-order valence-corrected chi connectivity index (χ4v) is 1.84. The molecular formula is C9H18O. The molecule has 0 radical (unpaired) electrons. The maximum atomic E-state index is 5.44. The van der Waals surface area contributed by atoms with E-state index in [1.807, 2.05) is 7.11 Å². The molecule has 1 heteroatoms. The van der Waals surface area contributed by atoms with E-state index in [0.29, 0.717) is 17.4 Å². The quantitative estimate of drug-likeness (QED) is 0.588. The van der Waals surface area contributed by atoms with Gasteiger partial charge in [-0.3, -0.25) is 0 Å². The Labute approximate surface area is 63.8 Å². The minimum atomic E-state index is 0.479. The van der Waals surface area contributed by atoms with Crippen molar-refractivity contribution in [3.63, 3.8) is 0 Å². The van der Waals surface area contributed by atoms with Crippen LogP contribution in [0.3, 0.4) is 0 Å². The van der Waals surface area contributed by atoms with Crippen molar-refractivity contribution in [2.75, 3.05) is 7.11 Å². The van der Waals surface area contributed by atoms with Gasteiger partial charge in [0.15, 0.2) is 0 Å². The molecule has 60 valence electrons. The zero-order valence-electron chi connectivity index (χ0n) is 7.48. The third-order valence-electron chi connectivity index (χ3n) is 2.58. The van der Waals surface area contributed by atoms with Crippen molar-refractivity contribution in [3.05, 3.63) is 0 Å². The fraction of sp³-hybridized carbons (Fsp3) is 1.00. The molecule has 1 unspecified atom stereocenters. The van der Waals surface area contributed by atoms with Gasteiger partial charge >= 0.3 is 0 Å². The van der Waals surface area contributed by atoms with Crippen LogP contribution < -0.4 is 0 Å². The van der Waals surface area contributed by atoms with Crippen LogP contribution in [0.1, 0.15) is 33.6 Å². The lowest BCUT2D eigenvalue weighted by molar-refractivity contribution is 0.0124. The van der Waals surface area contributed by atoms with Crippen LogP contribution >= 0.6 is 0 Å². The van der Waals surface area contributed by atoms with E-state index in [9.17, 15) is 0 Å². The second kappa shape index (κ2) is 2.54. The summed E-state index contributed by atoms with van der Waals surface area (Å²) in [7, 11) is 1.83. The summed E-state index contributed by atoms with van der Waals surface area (Å²) in [5.41, 5.74) is 0.517. The number of hydrogen-bond acceptors (Lipinski definition) is 1. The van der Waals surface area contributed by atoms with Gasteiger partial charge in [0.05, 0.1) is 6.10 Å². The highest BCUT2D eigenvalue weighted by Gasteiger charge is 2.46. The average Bonchev–Trinajstić information content (AvgIpc) is 2.49. The summed E-state index contributed by atoms with van der Waals surface area (Å²) in [6.07, 6.45) is 3.18. The van der Waals surface area contributed by atoms with Crippen LogP contribution in [0.4, 0.5) is 0 Å². The van der Waals surface area contributed by atoms with Crippen LogP contribution in [0.5, 0.6) is 0 Å². The largest absolute Gasteiger partial charge is 0.381 e. The van der Waals surface area contributed by atoms with Gasteiger partial charge in [-0.1, -0.05) is 20.8 Å². The molecule has 0 aromatic heterocycles. The minimum Gasteiger partial charge on any atom is -0.381 e. The molecule has 1 atom stereocenters.